The van der Waals surface area contributed by atoms with Crippen molar-refractivity contribution in [1.29, 1.82) is 0 Å². The number of ether oxygens (including phenoxy) is 1. The Morgan fingerprint density at radius 2 is 1.87 bits per heavy atom. The van der Waals surface area contributed by atoms with Gasteiger partial charge in [0.1, 0.15) is 17.0 Å². The maximum Gasteiger partial charge on any atom is 0.328 e. The van der Waals surface area contributed by atoms with Crippen LogP contribution < -0.4 is 15.4 Å². The number of fused-ring (bicyclic) bond motifs is 1. The summed E-state index contributed by atoms with van der Waals surface area (Å²) in [7, 11) is 1.27. The number of nitrogens with one attached hydrogen (secondary N) is 4. The lowest BCUT2D eigenvalue weighted by atomic mass is 9.86. The van der Waals surface area contributed by atoms with Gasteiger partial charge >= 0.3 is 5.97 Å². The van der Waals surface area contributed by atoms with Gasteiger partial charge in [0.25, 0.3) is 5.91 Å². The molecule has 1 aromatic heterocycles. The average Bonchev–Trinajstić information content (AvgIpc) is 3.45. The summed E-state index contributed by atoms with van der Waals surface area (Å²) in [6.07, 6.45) is 6.85. The van der Waals surface area contributed by atoms with Crippen LogP contribution in [-0.4, -0.2) is 52.6 Å². The molecular formula is C28H38N4O5S. The first-order valence-electron chi connectivity index (χ1n) is 13.4. The number of aromatic nitrogens is 1. The van der Waals surface area contributed by atoms with E-state index in [1.807, 2.05) is 38.1 Å². The summed E-state index contributed by atoms with van der Waals surface area (Å²) in [5, 5.41) is 6.12. The third-order valence-electron chi connectivity index (χ3n) is 7.54. The molecule has 2 unspecified atom stereocenters. The number of aromatic amines is 1. The molecule has 1 aliphatic carbocycles. The molecule has 2 aromatic rings. The standard InChI is InChI=1S/C28H38N4O5S/c1-28(2)16-19(24(33)31-28)15-22(27(36)37-3)30-26(35)23(13-17-9-5-4-6-10-17)38-32-25(34)21-14-18-11-7-8-12-20(18)29-21/h7-8,11-12,14,17,19,22-23,29H,4-6,9-10,13,15-16H2,1-3H3,(H,30,35)(H,31,33)(H,32,34)/t19?,22?,23-/m0/s1. The molecule has 3 atom stereocenters. The quantitative estimate of drug-likeness (QED) is 0.267. The molecule has 0 bridgehead atoms. The lowest BCUT2D eigenvalue weighted by Crippen LogP contribution is -2.47. The second kappa shape index (κ2) is 12.2. The van der Waals surface area contributed by atoms with Crippen molar-refractivity contribution >= 4 is 46.5 Å². The molecule has 2 fully saturated rings. The SMILES string of the molecule is COC(=O)C(CC1CC(C)(C)NC1=O)NC(=O)[C@H](CC1CCCCC1)SNC(=O)c1cc2ccccc2[nH]1. The first-order chi connectivity index (χ1) is 18.1. The Kier molecular flexibility index (Phi) is 9.02. The number of carbonyl (C=O) groups excluding carboxylic acids is 4. The number of methoxy groups -OCH3 is 1. The van der Waals surface area contributed by atoms with Crippen molar-refractivity contribution in [3.8, 4) is 0 Å². The lowest BCUT2D eigenvalue weighted by Gasteiger charge is -2.27. The monoisotopic (exact) mass is 542 g/mol. The zero-order valence-electron chi connectivity index (χ0n) is 22.3. The highest BCUT2D eigenvalue weighted by Crippen LogP contribution is 2.31. The molecule has 1 aliphatic heterocycles. The Hall–Kier alpha value is -3.01. The number of hydrogen-bond acceptors (Lipinski definition) is 6. The Balaban J connectivity index is 1.44. The van der Waals surface area contributed by atoms with Crippen molar-refractivity contribution in [2.45, 2.75) is 82.0 Å². The van der Waals surface area contributed by atoms with Gasteiger partial charge in [-0.3, -0.25) is 19.1 Å². The fourth-order valence-electron chi connectivity index (χ4n) is 5.60. The van der Waals surface area contributed by atoms with E-state index in [9.17, 15) is 19.2 Å². The number of esters is 1. The number of para-hydroxylation sites is 1. The number of benzene rings is 1. The first kappa shape index (κ1) is 28.0. The van der Waals surface area contributed by atoms with E-state index < -0.39 is 23.2 Å². The minimum absolute atomic E-state index is 0.128. The van der Waals surface area contributed by atoms with E-state index in [0.29, 0.717) is 24.5 Å². The van der Waals surface area contributed by atoms with Crippen LogP contribution in [0, 0.1) is 11.8 Å². The van der Waals surface area contributed by atoms with Crippen molar-refractivity contribution in [2.24, 2.45) is 11.8 Å². The smallest absolute Gasteiger partial charge is 0.328 e. The molecule has 1 saturated carbocycles. The number of hydrogen-bond donors (Lipinski definition) is 4. The van der Waals surface area contributed by atoms with Gasteiger partial charge in [0.2, 0.25) is 11.8 Å². The lowest BCUT2D eigenvalue weighted by molar-refractivity contribution is -0.145. The van der Waals surface area contributed by atoms with Crippen LogP contribution in [0.5, 0.6) is 0 Å². The summed E-state index contributed by atoms with van der Waals surface area (Å²) in [6.45, 7) is 3.87. The van der Waals surface area contributed by atoms with Gasteiger partial charge in [0.15, 0.2) is 0 Å². The second-order valence-electron chi connectivity index (χ2n) is 11.1. The van der Waals surface area contributed by atoms with Crippen LogP contribution in [0.1, 0.15) is 75.7 Å². The molecule has 10 heteroatoms. The molecule has 2 heterocycles. The first-order valence-corrected chi connectivity index (χ1v) is 14.3. The van der Waals surface area contributed by atoms with Crippen molar-refractivity contribution in [3.05, 3.63) is 36.0 Å². The summed E-state index contributed by atoms with van der Waals surface area (Å²) in [5.74, 6) is -1.40. The van der Waals surface area contributed by atoms with Crippen molar-refractivity contribution in [1.82, 2.24) is 20.3 Å². The summed E-state index contributed by atoms with van der Waals surface area (Å²) >= 11 is 1.08. The van der Waals surface area contributed by atoms with Gasteiger partial charge in [-0.25, -0.2) is 4.79 Å². The fraction of sp³-hybridized carbons (Fsp3) is 0.571. The largest absolute Gasteiger partial charge is 0.467 e. The molecule has 1 saturated heterocycles. The number of rotatable bonds is 10. The van der Waals surface area contributed by atoms with Gasteiger partial charge in [-0.05, 0) is 63.1 Å². The number of H-pyrrole nitrogens is 1. The van der Waals surface area contributed by atoms with Crippen LogP contribution in [0.3, 0.4) is 0 Å². The highest BCUT2D eigenvalue weighted by atomic mass is 32.2. The summed E-state index contributed by atoms with van der Waals surface area (Å²) < 4.78 is 7.80. The van der Waals surface area contributed by atoms with E-state index >= 15 is 0 Å². The Bertz CT molecular complexity index is 1140. The predicted molar refractivity (Wildman–Crippen MR) is 147 cm³/mol. The van der Waals surface area contributed by atoms with Gasteiger partial charge in [-0.1, -0.05) is 50.3 Å². The maximum atomic E-state index is 13.5. The Morgan fingerprint density at radius 1 is 1.13 bits per heavy atom. The average molecular weight is 543 g/mol. The predicted octanol–water partition coefficient (Wildman–Crippen LogP) is 3.85. The van der Waals surface area contributed by atoms with Crippen LogP contribution in [0.2, 0.25) is 0 Å². The normalized spacial score (nSPS) is 20.9. The van der Waals surface area contributed by atoms with Gasteiger partial charge in [0, 0.05) is 22.4 Å². The molecule has 9 nitrogen and oxygen atoms in total. The van der Waals surface area contributed by atoms with E-state index in [4.69, 9.17) is 4.74 Å². The maximum absolute atomic E-state index is 13.5. The van der Waals surface area contributed by atoms with E-state index in [1.54, 1.807) is 6.07 Å². The number of carbonyl (C=O) groups is 4. The summed E-state index contributed by atoms with van der Waals surface area (Å²) in [6, 6.07) is 8.46. The topological polar surface area (TPSA) is 129 Å². The van der Waals surface area contributed by atoms with Gasteiger partial charge in [-0.15, -0.1) is 0 Å². The number of amides is 3. The molecule has 0 spiro atoms. The zero-order chi connectivity index (χ0) is 27.3. The van der Waals surface area contributed by atoms with E-state index in [2.05, 4.69) is 20.3 Å². The molecule has 2 aliphatic rings. The van der Waals surface area contributed by atoms with Gasteiger partial charge in [-0.2, -0.15) is 0 Å². The molecule has 4 rings (SSSR count). The van der Waals surface area contributed by atoms with E-state index in [1.165, 1.54) is 13.5 Å². The molecule has 4 N–H and O–H groups in total. The van der Waals surface area contributed by atoms with Crippen LogP contribution in [0.4, 0.5) is 0 Å². The van der Waals surface area contributed by atoms with Crippen molar-refractivity contribution < 1.29 is 23.9 Å². The summed E-state index contributed by atoms with van der Waals surface area (Å²) in [5.41, 5.74) is 0.913. The summed E-state index contributed by atoms with van der Waals surface area (Å²) in [4.78, 5) is 54.6. The highest BCUT2D eigenvalue weighted by Gasteiger charge is 2.40. The minimum Gasteiger partial charge on any atom is -0.467 e. The molecule has 206 valence electrons. The van der Waals surface area contributed by atoms with Crippen LogP contribution >= 0.6 is 11.9 Å². The van der Waals surface area contributed by atoms with Crippen LogP contribution in [0.15, 0.2) is 30.3 Å². The Labute approximate surface area is 227 Å². The van der Waals surface area contributed by atoms with E-state index in [0.717, 1.165) is 48.5 Å². The van der Waals surface area contributed by atoms with E-state index in [-0.39, 0.29) is 29.7 Å². The molecule has 1 aromatic carbocycles. The molecular weight excluding hydrogens is 504 g/mol. The third-order valence-corrected chi connectivity index (χ3v) is 8.54. The van der Waals surface area contributed by atoms with Gasteiger partial charge in [0.05, 0.1) is 7.11 Å². The fourth-order valence-corrected chi connectivity index (χ4v) is 6.50. The van der Waals surface area contributed by atoms with Crippen molar-refractivity contribution in [2.75, 3.05) is 7.11 Å². The molecule has 0 radical (unpaired) electrons. The third kappa shape index (κ3) is 7.09. The van der Waals surface area contributed by atoms with Crippen LogP contribution in [0.25, 0.3) is 10.9 Å². The zero-order valence-corrected chi connectivity index (χ0v) is 23.1. The minimum atomic E-state index is -0.948. The highest BCUT2D eigenvalue weighted by molar-refractivity contribution is 7.99. The van der Waals surface area contributed by atoms with Gasteiger partial charge < -0.3 is 20.4 Å². The van der Waals surface area contributed by atoms with Crippen LogP contribution in [-0.2, 0) is 19.1 Å². The Morgan fingerprint density at radius 3 is 2.53 bits per heavy atom. The second-order valence-corrected chi connectivity index (χ2v) is 12.2. The van der Waals surface area contributed by atoms with Crippen molar-refractivity contribution in [3.63, 3.8) is 0 Å². The molecule has 38 heavy (non-hydrogen) atoms. The molecule has 3 amide bonds.